The second kappa shape index (κ2) is 8.04. The van der Waals surface area contributed by atoms with Gasteiger partial charge in [0.15, 0.2) is 17.3 Å². The third kappa shape index (κ3) is 4.40. The Morgan fingerprint density at radius 1 is 1.29 bits per heavy atom. The number of ether oxygens (including phenoxy) is 2. The van der Waals surface area contributed by atoms with E-state index in [1.807, 2.05) is 19.1 Å². The Morgan fingerprint density at radius 3 is 2.67 bits per heavy atom. The molecule has 1 unspecified atom stereocenters. The molecule has 24 heavy (non-hydrogen) atoms. The van der Waals surface area contributed by atoms with E-state index in [1.54, 1.807) is 25.3 Å². The normalized spacial score (nSPS) is 17.0. The van der Waals surface area contributed by atoms with Gasteiger partial charge in [-0.1, -0.05) is 26.0 Å². The molecule has 1 heterocycles. The van der Waals surface area contributed by atoms with E-state index in [-0.39, 0.29) is 11.8 Å². The molecule has 4 nitrogen and oxygen atoms in total. The first kappa shape index (κ1) is 18.1. The van der Waals surface area contributed by atoms with E-state index in [4.69, 9.17) is 9.47 Å². The summed E-state index contributed by atoms with van der Waals surface area (Å²) in [4.78, 5) is 14.8. The summed E-state index contributed by atoms with van der Waals surface area (Å²) in [5.74, 6) is 1.75. The summed E-state index contributed by atoms with van der Waals surface area (Å²) < 4.78 is 11.1. The fourth-order valence-electron chi connectivity index (χ4n) is 2.61. The molecule has 0 amide bonds. The highest BCUT2D eigenvalue weighted by molar-refractivity contribution is 5.98. The van der Waals surface area contributed by atoms with Crippen molar-refractivity contribution in [3.8, 4) is 11.5 Å². The fraction of sp³-hybridized carbons (Fsp3) is 0.450. The average molecular weight is 329 g/mol. The molecule has 130 valence electrons. The zero-order valence-corrected chi connectivity index (χ0v) is 15.2. The van der Waals surface area contributed by atoms with Gasteiger partial charge in [0.1, 0.15) is 0 Å². The number of methoxy groups -OCH3 is 1. The van der Waals surface area contributed by atoms with Crippen molar-refractivity contribution >= 4 is 5.78 Å². The third-order valence-electron chi connectivity index (χ3n) is 4.04. The number of nitrogens with zero attached hydrogens (tertiary/aromatic N) is 1. The Hall–Kier alpha value is -2.23. The van der Waals surface area contributed by atoms with Crippen molar-refractivity contribution in [2.24, 2.45) is 5.92 Å². The Balaban J connectivity index is 2.15. The molecule has 4 heteroatoms. The molecule has 2 rings (SSSR count). The topological polar surface area (TPSA) is 38.8 Å². The van der Waals surface area contributed by atoms with E-state index >= 15 is 0 Å². The van der Waals surface area contributed by atoms with E-state index in [9.17, 15) is 4.79 Å². The molecule has 0 aromatic heterocycles. The number of hydrogen-bond acceptors (Lipinski definition) is 4. The van der Waals surface area contributed by atoms with Crippen LogP contribution in [0.3, 0.4) is 0 Å². The minimum atomic E-state index is 0.0713. The number of carbonyl (C=O) groups is 1. The van der Waals surface area contributed by atoms with Crippen LogP contribution in [0, 0.1) is 5.92 Å². The molecule has 1 aromatic carbocycles. The van der Waals surface area contributed by atoms with Gasteiger partial charge in [-0.3, -0.25) is 4.79 Å². The van der Waals surface area contributed by atoms with Gasteiger partial charge in [-0.25, -0.2) is 0 Å². The van der Waals surface area contributed by atoms with Crippen LogP contribution in [-0.4, -0.2) is 37.0 Å². The Labute approximate surface area is 144 Å². The molecule has 0 spiro atoms. The van der Waals surface area contributed by atoms with Crippen LogP contribution in [0.1, 0.15) is 38.1 Å². The van der Waals surface area contributed by atoms with Crippen LogP contribution in [0.15, 0.2) is 42.1 Å². The van der Waals surface area contributed by atoms with Gasteiger partial charge < -0.3 is 14.4 Å². The minimum absolute atomic E-state index is 0.0713. The highest BCUT2D eigenvalue weighted by Crippen LogP contribution is 2.29. The molecule has 0 bridgehead atoms. The maximum atomic E-state index is 12.7. The fourth-order valence-corrected chi connectivity index (χ4v) is 2.61. The van der Waals surface area contributed by atoms with Crippen LogP contribution < -0.4 is 9.47 Å². The molecule has 0 saturated heterocycles. The summed E-state index contributed by atoms with van der Waals surface area (Å²) in [6.45, 7) is 9.22. The molecule has 0 radical (unpaired) electrons. The summed E-state index contributed by atoms with van der Waals surface area (Å²) in [6.07, 6.45) is 6.15. The molecular formula is C20H27NO3. The second-order valence-corrected chi connectivity index (χ2v) is 6.56. The lowest BCUT2D eigenvalue weighted by atomic mass is 10.1. The molecule has 1 atom stereocenters. The predicted octanol–water partition coefficient (Wildman–Crippen LogP) is 4.08. The van der Waals surface area contributed by atoms with Crippen LogP contribution in [0.25, 0.3) is 0 Å². The van der Waals surface area contributed by atoms with Crippen molar-refractivity contribution in [3.63, 3.8) is 0 Å². The van der Waals surface area contributed by atoms with Crippen molar-refractivity contribution in [1.29, 1.82) is 0 Å². The zero-order chi connectivity index (χ0) is 17.7. The first-order valence-electron chi connectivity index (χ1n) is 8.38. The lowest BCUT2D eigenvalue weighted by Gasteiger charge is -2.31. The van der Waals surface area contributed by atoms with Crippen LogP contribution >= 0.6 is 0 Å². The van der Waals surface area contributed by atoms with Crippen molar-refractivity contribution in [1.82, 2.24) is 4.90 Å². The number of Topliss-reactive ketones (excluding diaryl/α,β-unsaturated/α-hetero) is 1. The number of rotatable bonds is 7. The number of benzene rings is 1. The Bertz CT molecular complexity index is 646. The first-order chi connectivity index (χ1) is 11.4. The Morgan fingerprint density at radius 2 is 2.04 bits per heavy atom. The van der Waals surface area contributed by atoms with Crippen molar-refractivity contribution in [3.05, 3.63) is 47.7 Å². The van der Waals surface area contributed by atoms with Gasteiger partial charge in [0, 0.05) is 17.3 Å². The van der Waals surface area contributed by atoms with E-state index in [2.05, 4.69) is 31.7 Å². The Kier molecular flexibility index (Phi) is 6.07. The summed E-state index contributed by atoms with van der Waals surface area (Å²) in [7, 11) is 1.61. The first-order valence-corrected chi connectivity index (χ1v) is 8.38. The smallest absolute Gasteiger partial charge is 0.182 e. The maximum absolute atomic E-state index is 12.7. The molecule has 0 saturated carbocycles. The molecular weight excluding hydrogens is 302 g/mol. The number of ketones is 1. The van der Waals surface area contributed by atoms with E-state index in [0.717, 1.165) is 5.70 Å². The van der Waals surface area contributed by atoms with Gasteiger partial charge in [-0.15, -0.1) is 0 Å². The highest BCUT2D eigenvalue weighted by Gasteiger charge is 2.19. The maximum Gasteiger partial charge on any atom is 0.182 e. The minimum Gasteiger partial charge on any atom is -0.493 e. The third-order valence-corrected chi connectivity index (χ3v) is 4.04. The molecule has 0 aliphatic carbocycles. The van der Waals surface area contributed by atoms with Gasteiger partial charge in [0.25, 0.3) is 0 Å². The van der Waals surface area contributed by atoms with Crippen LogP contribution in [-0.2, 0) is 0 Å². The van der Waals surface area contributed by atoms with Gasteiger partial charge in [-0.05, 0) is 44.0 Å². The predicted molar refractivity (Wildman–Crippen MR) is 96.7 cm³/mol. The summed E-state index contributed by atoms with van der Waals surface area (Å²) in [5.41, 5.74) is 1.74. The van der Waals surface area contributed by atoms with E-state index < -0.39 is 0 Å². The number of hydrogen-bond donors (Lipinski definition) is 0. The monoisotopic (exact) mass is 329 g/mol. The SMILES string of the molecule is COc1ccc(C(=O)CN2C(C)=CC=CC2C)cc1OCC(C)C. The molecule has 0 fully saturated rings. The van der Waals surface area contributed by atoms with Crippen LogP contribution in [0.2, 0.25) is 0 Å². The van der Waals surface area contributed by atoms with E-state index in [1.165, 1.54) is 0 Å². The molecule has 1 aromatic rings. The van der Waals surface area contributed by atoms with Crippen LogP contribution in [0.5, 0.6) is 11.5 Å². The number of allylic oxidation sites excluding steroid dienone is 3. The van der Waals surface area contributed by atoms with Gasteiger partial charge in [-0.2, -0.15) is 0 Å². The van der Waals surface area contributed by atoms with Crippen LogP contribution in [0.4, 0.5) is 0 Å². The van der Waals surface area contributed by atoms with E-state index in [0.29, 0.717) is 36.1 Å². The largest absolute Gasteiger partial charge is 0.493 e. The van der Waals surface area contributed by atoms with Crippen molar-refractivity contribution in [2.75, 3.05) is 20.3 Å². The summed E-state index contributed by atoms with van der Waals surface area (Å²) in [6, 6.07) is 5.60. The molecule has 0 N–H and O–H groups in total. The lowest BCUT2D eigenvalue weighted by molar-refractivity contribution is 0.0938. The zero-order valence-electron chi connectivity index (χ0n) is 15.2. The standard InChI is InChI=1S/C20H27NO3/c1-14(2)13-24-20-11-17(9-10-19(20)23-5)18(22)12-21-15(3)7-6-8-16(21)4/h6-11,14-15H,12-13H2,1-5H3. The summed E-state index contributed by atoms with van der Waals surface area (Å²) in [5, 5.41) is 0. The molecule has 1 aliphatic rings. The van der Waals surface area contributed by atoms with Crippen molar-refractivity contribution < 1.29 is 14.3 Å². The second-order valence-electron chi connectivity index (χ2n) is 6.56. The average Bonchev–Trinajstić information content (AvgIpc) is 2.55. The molecule has 1 aliphatic heterocycles. The highest BCUT2D eigenvalue weighted by atomic mass is 16.5. The van der Waals surface area contributed by atoms with Gasteiger partial charge >= 0.3 is 0 Å². The quantitative estimate of drug-likeness (QED) is 0.707. The van der Waals surface area contributed by atoms with Gasteiger partial charge in [0.05, 0.1) is 20.3 Å². The van der Waals surface area contributed by atoms with Crippen molar-refractivity contribution in [2.45, 2.75) is 33.7 Å². The lowest BCUT2D eigenvalue weighted by Crippen LogP contribution is -2.36. The number of carbonyl (C=O) groups excluding carboxylic acids is 1. The summed E-state index contributed by atoms with van der Waals surface area (Å²) >= 11 is 0. The van der Waals surface area contributed by atoms with Gasteiger partial charge in [0.2, 0.25) is 0 Å².